The summed E-state index contributed by atoms with van der Waals surface area (Å²) >= 11 is 12.3. The Bertz CT molecular complexity index is 659. The Labute approximate surface area is 133 Å². The Morgan fingerprint density at radius 1 is 0.857 bits per heavy atom. The minimum Gasteiger partial charge on any atom is -0.298 e. The summed E-state index contributed by atoms with van der Waals surface area (Å²) in [5, 5.41) is 0.460. The maximum atomic E-state index is 11.6. The summed E-state index contributed by atoms with van der Waals surface area (Å²) in [6, 6.07) is 9.80. The maximum absolute atomic E-state index is 11.6. The van der Waals surface area contributed by atoms with Gasteiger partial charge in [-0.05, 0) is 11.1 Å². The number of carbonyl (C=O) groups is 2. The van der Waals surface area contributed by atoms with E-state index in [2.05, 4.69) is 0 Å². The summed E-state index contributed by atoms with van der Waals surface area (Å²) in [6.45, 7) is 0. The highest BCUT2D eigenvalue weighted by Gasteiger charge is 2.22. The molecule has 0 radical (unpaired) electrons. The summed E-state index contributed by atoms with van der Waals surface area (Å²) in [5.74, 6) is 0. The van der Waals surface area contributed by atoms with Crippen molar-refractivity contribution in [2.45, 2.75) is 5.66 Å². The van der Waals surface area contributed by atoms with Gasteiger partial charge in [0.2, 0.25) is 0 Å². The van der Waals surface area contributed by atoms with Crippen molar-refractivity contribution < 1.29 is 14.2 Å². The van der Waals surface area contributed by atoms with Gasteiger partial charge >= 0.3 is 0 Å². The van der Waals surface area contributed by atoms with Crippen molar-refractivity contribution in [3.63, 3.8) is 0 Å². The lowest BCUT2D eigenvalue weighted by atomic mass is 10.0. The first kappa shape index (κ1) is 15.8. The molecule has 0 unspecified atom stereocenters. The van der Waals surface area contributed by atoms with Crippen LogP contribution in [-0.4, -0.2) is 12.6 Å². The van der Waals surface area contributed by atoms with Gasteiger partial charge < -0.3 is 0 Å². The highest BCUT2D eigenvalue weighted by atomic mass is 35.5. The minimum atomic E-state index is -0.648. The molecule has 21 heavy (non-hydrogen) atoms. The Kier molecular flexibility index (Phi) is 5.24. The molecule has 0 bridgehead atoms. The lowest BCUT2D eigenvalue weighted by Gasteiger charge is -2.15. The number of aldehydes is 2. The lowest BCUT2D eigenvalue weighted by Crippen LogP contribution is -1.99. The van der Waals surface area contributed by atoms with Crippen LogP contribution in [-0.2, 0) is 4.57 Å². The Morgan fingerprint density at radius 2 is 1.29 bits per heavy atom. The van der Waals surface area contributed by atoms with E-state index in [-0.39, 0.29) is 18.5 Å². The van der Waals surface area contributed by atoms with Crippen LogP contribution in [0.15, 0.2) is 36.4 Å². The van der Waals surface area contributed by atoms with Crippen molar-refractivity contribution in [2.24, 2.45) is 0 Å². The first-order valence-corrected chi connectivity index (χ1v) is 7.57. The second kappa shape index (κ2) is 6.95. The lowest BCUT2D eigenvalue weighted by molar-refractivity contribution is 0.111. The molecule has 0 saturated heterocycles. The third-order valence-electron chi connectivity index (χ3n) is 3.07. The van der Waals surface area contributed by atoms with Crippen molar-refractivity contribution >= 4 is 44.2 Å². The van der Waals surface area contributed by atoms with Gasteiger partial charge in [-0.1, -0.05) is 59.6 Å². The summed E-state index contributed by atoms with van der Waals surface area (Å²) in [4.78, 5) is 21.9. The average molecular weight is 339 g/mol. The van der Waals surface area contributed by atoms with E-state index in [1.165, 1.54) is 0 Å². The molecule has 0 amide bonds. The van der Waals surface area contributed by atoms with E-state index in [4.69, 9.17) is 23.2 Å². The van der Waals surface area contributed by atoms with Crippen LogP contribution in [0.3, 0.4) is 0 Å². The predicted octanol–water partition coefficient (Wildman–Crippen LogP) is 5.00. The van der Waals surface area contributed by atoms with E-state index in [1.54, 1.807) is 36.4 Å². The highest BCUT2D eigenvalue weighted by molar-refractivity contribution is 7.24. The molecule has 0 aliphatic carbocycles. The van der Waals surface area contributed by atoms with Gasteiger partial charge in [-0.3, -0.25) is 14.2 Å². The Morgan fingerprint density at radius 3 is 1.62 bits per heavy atom. The molecule has 0 atom stereocenters. The Balaban J connectivity index is 2.63. The number of hydrogen-bond acceptors (Lipinski definition) is 3. The van der Waals surface area contributed by atoms with Crippen molar-refractivity contribution in [1.29, 1.82) is 0 Å². The van der Waals surface area contributed by atoms with Gasteiger partial charge in [0.15, 0.2) is 21.0 Å². The third kappa shape index (κ3) is 3.06. The second-order valence-corrected chi connectivity index (χ2v) is 5.73. The van der Waals surface area contributed by atoms with Crippen LogP contribution in [0.5, 0.6) is 0 Å². The van der Waals surface area contributed by atoms with Crippen LogP contribution in [0.4, 0.5) is 0 Å². The standard InChI is InChI=1S/C15H9Cl2O3P/c16-13-9(7-18)3-1-5-11(13)15(21-20)12-6-2-4-10(8-19)14(12)17/h1-8,15H. The van der Waals surface area contributed by atoms with E-state index in [0.717, 1.165) is 0 Å². The minimum absolute atomic E-state index is 0.230. The van der Waals surface area contributed by atoms with Crippen molar-refractivity contribution in [3.05, 3.63) is 68.7 Å². The van der Waals surface area contributed by atoms with Crippen LogP contribution in [0.1, 0.15) is 37.5 Å². The second-order valence-electron chi connectivity index (χ2n) is 4.24. The molecule has 0 spiro atoms. The van der Waals surface area contributed by atoms with Crippen LogP contribution >= 0.6 is 31.7 Å². The number of rotatable bonds is 5. The molecule has 0 fully saturated rings. The zero-order valence-corrected chi connectivity index (χ0v) is 13.0. The normalized spacial score (nSPS) is 10.8. The van der Waals surface area contributed by atoms with Crippen molar-refractivity contribution in [3.8, 4) is 0 Å². The van der Waals surface area contributed by atoms with E-state index in [0.29, 0.717) is 34.8 Å². The van der Waals surface area contributed by atoms with Gasteiger partial charge in [0.05, 0.1) is 15.7 Å². The fourth-order valence-electron chi connectivity index (χ4n) is 2.02. The van der Waals surface area contributed by atoms with Crippen LogP contribution in [0, 0.1) is 0 Å². The summed E-state index contributed by atoms with van der Waals surface area (Å²) in [7, 11) is -0.233. The molecule has 0 N–H and O–H groups in total. The van der Waals surface area contributed by atoms with Crippen LogP contribution in [0.2, 0.25) is 10.0 Å². The fourth-order valence-corrected chi connectivity index (χ4v) is 3.39. The first-order chi connectivity index (χ1) is 10.1. The number of carbonyl (C=O) groups excluding carboxylic acids is 2. The van der Waals surface area contributed by atoms with Crippen molar-refractivity contribution in [1.82, 2.24) is 0 Å². The van der Waals surface area contributed by atoms with E-state index < -0.39 is 5.66 Å². The van der Waals surface area contributed by atoms with Gasteiger partial charge in [0.1, 0.15) is 0 Å². The van der Waals surface area contributed by atoms with Crippen molar-refractivity contribution in [2.75, 3.05) is 0 Å². The first-order valence-electron chi connectivity index (χ1n) is 5.93. The molecule has 106 valence electrons. The van der Waals surface area contributed by atoms with Gasteiger partial charge in [-0.25, -0.2) is 0 Å². The molecule has 0 aliphatic heterocycles. The van der Waals surface area contributed by atoms with Gasteiger partial charge in [0, 0.05) is 11.1 Å². The predicted molar refractivity (Wildman–Crippen MR) is 83.1 cm³/mol. The molecular weight excluding hydrogens is 330 g/mol. The van der Waals surface area contributed by atoms with Gasteiger partial charge in [0.25, 0.3) is 0 Å². The molecule has 6 heteroatoms. The summed E-state index contributed by atoms with van der Waals surface area (Å²) < 4.78 is 11.6. The van der Waals surface area contributed by atoms with Crippen LogP contribution < -0.4 is 0 Å². The molecule has 2 rings (SSSR count). The van der Waals surface area contributed by atoms with E-state index in [9.17, 15) is 14.2 Å². The third-order valence-corrected chi connectivity index (χ3v) is 4.71. The molecule has 2 aromatic rings. The monoisotopic (exact) mass is 338 g/mol. The van der Waals surface area contributed by atoms with Gasteiger partial charge in [-0.15, -0.1) is 0 Å². The topological polar surface area (TPSA) is 51.2 Å². The Hall–Kier alpha value is -1.54. The quantitative estimate of drug-likeness (QED) is 0.569. The summed E-state index contributed by atoms with van der Waals surface area (Å²) in [5.41, 5.74) is 1.01. The molecule has 0 aromatic heterocycles. The number of benzene rings is 2. The maximum Gasteiger partial charge on any atom is 0.168 e. The zero-order chi connectivity index (χ0) is 15.4. The smallest absolute Gasteiger partial charge is 0.168 e. The molecule has 0 aliphatic rings. The molecule has 2 aromatic carbocycles. The number of hydrogen-bond donors (Lipinski definition) is 0. The summed E-state index contributed by atoms with van der Waals surface area (Å²) in [6.07, 6.45) is 1.27. The van der Waals surface area contributed by atoms with Gasteiger partial charge in [-0.2, -0.15) is 0 Å². The molecule has 0 saturated carbocycles. The van der Waals surface area contributed by atoms with E-state index >= 15 is 0 Å². The average Bonchev–Trinajstić information content (AvgIpc) is 2.51. The number of halogens is 2. The zero-order valence-electron chi connectivity index (χ0n) is 10.6. The van der Waals surface area contributed by atoms with E-state index in [1.807, 2.05) is 0 Å². The highest BCUT2D eigenvalue weighted by Crippen LogP contribution is 2.42. The largest absolute Gasteiger partial charge is 0.298 e. The SMILES string of the molecule is O=Cc1cccc(C(P=O)c2cccc(C=O)c2Cl)c1Cl. The fraction of sp³-hybridized carbons (Fsp3) is 0.0667. The molecule has 3 nitrogen and oxygen atoms in total. The molecular formula is C15H9Cl2O3P. The molecule has 0 heterocycles. The van der Waals surface area contributed by atoms with Crippen LogP contribution in [0.25, 0.3) is 0 Å².